The second kappa shape index (κ2) is 6.68. The predicted octanol–water partition coefficient (Wildman–Crippen LogP) is 3.11. The molecule has 1 aliphatic heterocycles. The fraction of sp³-hybridized carbons (Fsp3) is 0.438. The zero-order chi connectivity index (χ0) is 16.4. The molecular formula is C16H18ClN3O3. The predicted molar refractivity (Wildman–Crippen MR) is 84.7 cm³/mol. The number of hydrogen-bond donors (Lipinski definition) is 1. The molecule has 0 atom stereocenters. The molecule has 0 radical (unpaired) electrons. The van der Waals surface area contributed by atoms with Crippen molar-refractivity contribution in [2.24, 2.45) is 0 Å². The minimum absolute atomic E-state index is 0.153. The highest BCUT2D eigenvalue weighted by atomic mass is 35.5. The van der Waals surface area contributed by atoms with Gasteiger partial charge >= 0.3 is 5.97 Å². The molecule has 6 nitrogen and oxygen atoms in total. The Morgan fingerprint density at radius 3 is 2.78 bits per heavy atom. The van der Waals surface area contributed by atoms with Crippen LogP contribution in [0, 0.1) is 6.92 Å². The summed E-state index contributed by atoms with van der Waals surface area (Å²) in [4.78, 5) is 17.7. The molecule has 23 heavy (non-hydrogen) atoms. The fourth-order valence-electron chi connectivity index (χ4n) is 2.92. The van der Waals surface area contributed by atoms with Crippen molar-refractivity contribution in [3.8, 4) is 0 Å². The van der Waals surface area contributed by atoms with Gasteiger partial charge in [-0.05, 0) is 44.5 Å². The number of carboxylic acid groups (broad SMARTS) is 1. The van der Waals surface area contributed by atoms with Gasteiger partial charge in [0.2, 0.25) is 5.89 Å². The van der Waals surface area contributed by atoms with Crippen LogP contribution in [0.5, 0.6) is 0 Å². The van der Waals surface area contributed by atoms with E-state index in [4.69, 9.17) is 21.2 Å². The van der Waals surface area contributed by atoms with Gasteiger partial charge in [-0.25, -0.2) is 4.79 Å². The molecule has 0 unspecified atom stereocenters. The van der Waals surface area contributed by atoms with E-state index < -0.39 is 5.97 Å². The Morgan fingerprint density at radius 2 is 2.17 bits per heavy atom. The van der Waals surface area contributed by atoms with Crippen molar-refractivity contribution < 1.29 is 14.4 Å². The van der Waals surface area contributed by atoms with E-state index in [1.165, 1.54) is 6.07 Å². The normalized spacial score (nSPS) is 16.6. The molecule has 1 fully saturated rings. The molecule has 7 heteroatoms. The maximum absolute atomic E-state index is 11.1. The van der Waals surface area contributed by atoms with Crippen LogP contribution in [0.1, 0.15) is 46.4 Å². The van der Waals surface area contributed by atoms with E-state index in [0.717, 1.165) is 31.5 Å². The first-order valence-corrected chi connectivity index (χ1v) is 7.95. The van der Waals surface area contributed by atoms with E-state index in [1.807, 2.05) is 13.0 Å². The second-order valence-corrected chi connectivity index (χ2v) is 6.19. The van der Waals surface area contributed by atoms with E-state index in [1.54, 1.807) is 6.07 Å². The molecule has 3 rings (SSSR count). The lowest BCUT2D eigenvalue weighted by Crippen LogP contribution is -2.32. The first-order valence-electron chi connectivity index (χ1n) is 7.58. The number of benzene rings is 1. The highest BCUT2D eigenvalue weighted by Gasteiger charge is 2.25. The quantitative estimate of drug-likeness (QED) is 0.924. The van der Waals surface area contributed by atoms with Crippen LogP contribution < -0.4 is 0 Å². The maximum atomic E-state index is 11.1. The Morgan fingerprint density at radius 1 is 1.43 bits per heavy atom. The van der Waals surface area contributed by atoms with E-state index in [0.29, 0.717) is 29.2 Å². The number of hydrogen-bond acceptors (Lipinski definition) is 5. The number of carbonyl (C=O) groups is 1. The zero-order valence-electron chi connectivity index (χ0n) is 12.8. The number of likely N-dealkylation sites (tertiary alicyclic amines) is 1. The van der Waals surface area contributed by atoms with Crippen molar-refractivity contribution >= 4 is 17.6 Å². The minimum Gasteiger partial charge on any atom is -0.478 e. The van der Waals surface area contributed by atoms with Gasteiger partial charge in [0.05, 0.1) is 10.6 Å². The second-order valence-electron chi connectivity index (χ2n) is 5.81. The molecular weight excluding hydrogens is 318 g/mol. The van der Waals surface area contributed by atoms with Crippen LogP contribution in [0.3, 0.4) is 0 Å². The van der Waals surface area contributed by atoms with Gasteiger partial charge in [0, 0.05) is 12.5 Å². The number of aromatic carboxylic acids is 1. The van der Waals surface area contributed by atoms with Gasteiger partial charge in [-0.2, -0.15) is 4.98 Å². The monoisotopic (exact) mass is 335 g/mol. The van der Waals surface area contributed by atoms with Gasteiger partial charge in [-0.1, -0.05) is 28.9 Å². The molecule has 1 N–H and O–H groups in total. The van der Waals surface area contributed by atoms with Crippen LogP contribution in [0.2, 0.25) is 5.02 Å². The van der Waals surface area contributed by atoms with E-state index in [9.17, 15) is 4.79 Å². The molecule has 1 aromatic heterocycles. The number of piperidine rings is 1. The number of nitrogens with zero attached hydrogens (tertiary/aromatic N) is 3. The van der Waals surface area contributed by atoms with E-state index in [2.05, 4.69) is 15.0 Å². The van der Waals surface area contributed by atoms with Crippen molar-refractivity contribution in [2.75, 3.05) is 13.1 Å². The zero-order valence-corrected chi connectivity index (χ0v) is 13.6. The third-order valence-corrected chi connectivity index (χ3v) is 4.63. The lowest BCUT2D eigenvalue weighted by Gasteiger charge is -2.30. The molecule has 0 aliphatic carbocycles. The third kappa shape index (κ3) is 3.54. The molecule has 1 aromatic carbocycles. The van der Waals surface area contributed by atoms with Crippen molar-refractivity contribution in [3.05, 3.63) is 46.1 Å². The highest BCUT2D eigenvalue weighted by Crippen LogP contribution is 2.29. The Kier molecular flexibility index (Phi) is 4.63. The topological polar surface area (TPSA) is 79.5 Å². The summed E-state index contributed by atoms with van der Waals surface area (Å²) in [6, 6.07) is 5.14. The smallest absolute Gasteiger partial charge is 0.337 e. The number of aromatic nitrogens is 2. The van der Waals surface area contributed by atoms with Crippen molar-refractivity contribution in [3.63, 3.8) is 0 Å². The Labute approximate surface area is 139 Å². The maximum Gasteiger partial charge on any atom is 0.337 e. The molecule has 2 heterocycles. The van der Waals surface area contributed by atoms with Gasteiger partial charge in [0.15, 0.2) is 5.82 Å². The SMILES string of the molecule is Cc1noc(C2CCN(Cc3cccc(C(=O)O)c3Cl)CC2)n1. The van der Waals surface area contributed by atoms with Gasteiger partial charge in [0.1, 0.15) is 0 Å². The highest BCUT2D eigenvalue weighted by molar-refractivity contribution is 6.34. The molecule has 1 saturated heterocycles. The summed E-state index contributed by atoms with van der Waals surface area (Å²) in [6.07, 6.45) is 1.88. The molecule has 122 valence electrons. The number of halogens is 1. The van der Waals surface area contributed by atoms with Gasteiger partial charge in [-0.3, -0.25) is 4.90 Å². The van der Waals surface area contributed by atoms with Crippen LogP contribution >= 0.6 is 11.6 Å². The Bertz CT molecular complexity index is 708. The van der Waals surface area contributed by atoms with Crippen LogP contribution in [-0.4, -0.2) is 39.2 Å². The summed E-state index contributed by atoms with van der Waals surface area (Å²) in [6.45, 7) is 4.24. The third-order valence-electron chi connectivity index (χ3n) is 4.18. The summed E-state index contributed by atoms with van der Waals surface area (Å²) in [5.41, 5.74) is 0.999. The molecule has 0 spiro atoms. The summed E-state index contributed by atoms with van der Waals surface area (Å²) in [7, 11) is 0. The summed E-state index contributed by atoms with van der Waals surface area (Å²) in [5.74, 6) is 0.684. The van der Waals surface area contributed by atoms with Gasteiger partial charge < -0.3 is 9.63 Å². The first kappa shape index (κ1) is 16.0. The first-order chi connectivity index (χ1) is 11.0. The average Bonchev–Trinajstić information content (AvgIpc) is 2.96. The van der Waals surface area contributed by atoms with E-state index >= 15 is 0 Å². The van der Waals surface area contributed by atoms with Crippen molar-refractivity contribution in [1.29, 1.82) is 0 Å². The fourth-order valence-corrected chi connectivity index (χ4v) is 3.19. The minimum atomic E-state index is -0.998. The van der Waals surface area contributed by atoms with Crippen molar-refractivity contribution in [2.45, 2.75) is 32.2 Å². The summed E-state index contributed by atoms with van der Waals surface area (Å²) < 4.78 is 5.25. The standard InChI is InChI=1S/C16H18ClN3O3/c1-10-18-15(23-19-10)11-5-7-20(8-6-11)9-12-3-2-4-13(14(12)17)16(21)22/h2-4,11H,5-9H2,1H3,(H,21,22). The van der Waals surface area contributed by atoms with Crippen molar-refractivity contribution in [1.82, 2.24) is 15.0 Å². The Balaban J connectivity index is 1.63. The molecule has 2 aromatic rings. The van der Waals surface area contributed by atoms with E-state index in [-0.39, 0.29) is 5.56 Å². The summed E-state index contributed by atoms with van der Waals surface area (Å²) >= 11 is 6.21. The number of aryl methyl sites for hydroxylation is 1. The van der Waals surface area contributed by atoms with Gasteiger partial charge in [-0.15, -0.1) is 0 Å². The van der Waals surface area contributed by atoms with Crippen LogP contribution in [0.4, 0.5) is 0 Å². The molecule has 0 saturated carbocycles. The number of rotatable bonds is 4. The lowest BCUT2D eigenvalue weighted by atomic mass is 9.96. The van der Waals surface area contributed by atoms with Crippen LogP contribution in [-0.2, 0) is 6.54 Å². The molecule has 1 aliphatic rings. The lowest BCUT2D eigenvalue weighted by molar-refractivity contribution is 0.0697. The molecule has 0 bridgehead atoms. The largest absolute Gasteiger partial charge is 0.478 e. The Hall–Kier alpha value is -1.92. The number of carboxylic acids is 1. The summed E-state index contributed by atoms with van der Waals surface area (Å²) in [5, 5.41) is 13.3. The van der Waals surface area contributed by atoms with Crippen LogP contribution in [0.25, 0.3) is 0 Å². The van der Waals surface area contributed by atoms with Crippen LogP contribution in [0.15, 0.2) is 22.7 Å². The molecule has 0 amide bonds. The van der Waals surface area contributed by atoms with Gasteiger partial charge in [0.25, 0.3) is 0 Å². The average molecular weight is 336 g/mol.